The van der Waals surface area contributed by atoms with E-state index in [0.717, 1.165) is 51.6 Å². The molecule has 1 fully saturated rings. The number of piperidine rings is 1. The van der Waals surface area contributed by atoms with Gasteiger partial charge < -0.3 is 21.3 Å². The summed E-state index contributed by atoms with van der Waals surface area (Å²) in [5, 5.41) is 24.0. The van der Waals surface area contributed by atoms with Gasteiger partial charge in [0.05, 0.1) is 11.8 Å². The van der Waals surface area contributed by atoms with Crippen molar-refractivity contribution in [2.45, 2.75) is 64.0 Å². The number of nitrogens with one attached hydrogen (secondary N) is 1. The lowest BCUT2D eigenvalue weighted by molar-refractivity contribution is -0.116. The normalized spacial score (nSPS) is 16.9. The molecule has 6 heteroatoms. The third-order valence-corrected chi connectivity index (χ3v) is 6.79. The van der Waals surface area contributed by atoms with Crippen LogP contribution in [0.2, 0.25) is 0 Å². The molecule has 1 heterocycles. The second kappa shape index (κ2) is 12.7. The van der Waals surface area contributed by atoms with Crippen LogP contribution < -0.4 is 11.1 Å². The van der Waals surface area contributed by atoms with Gasteiger partial charge in [0.15, 0.2) is 0 Å². The van der Waals surface area contributed by atoms with Crippen molar-refractivity contribution in [3.63, 3.8) is 0 Å². The molecule has 180 valence electrons. The van der Waals surface area contributed by atoms with E-state index in [9.17, 15) is 15.0 Å². The number of aromatic hydroxyl groups is 1. The monoisotopic (exact) mass is 453 g/mol. The number of nitrogens with two attached hydrogens (primary N) is 1. The van der Waals surface area contributed by atoms with Crippen LogP contribution in [0.3, 0.4) is 0 Å². The molecule has 0 radical (unpaired) electrons. The van der Waals surface area contributed by atoms with Crippen LogP contribution in [0.5, 0.6) is 5.75 Å². The van der Waals surface area contributed by atoms with Gasteiger partial charge in [-0.1, -0.05) is 42.8 Å². The van der Waals surface area contributed by atoms with Crippen LogP contribution in [-0.2, 0) is 11.2 Å². The molecule has 33 heavy (non-hydrogen) atoms. The fourth-order valence-electron chi connectivity index (χ4n) is 4.65. The lowest BCUT2D eigenvalue weighted by atomic mass is 9.89. The van der Waals surface area contributed by atoms with Gasteiger partial charge in [-0.2, -0.15) is 0 Å². The highest BCUT2D eigenvalue weighted by molar-refractivity contribution is 5.92. The number of benzene rings is 2. The first kappa shape index (κ1) is 25.2. The maximum Gasteiger partial charge on any atom is 0.224 e. The second-order valence-electron chi connectivity index (χ2n) is 9.28. The average Bonchev–Trinajstić information content (AvgIpc) is 2.83. The molecular weight excluding hydrogens is 414 g/mol. The van der Waals surface area contributed by atoms with Crippen LogP contribution in [-0.4, -0.2) is 46.7 Å². The fraction of sp³-hybridized carbons (Fsp3) is 0.519. The first-order valence-electron chi connectivity index (χ1n) is 12.3. The van der Waals surface area contributed by atoms with Gasteiger partial charge in [-0.25, -0.2) is 0 Å². The van der Waals surface area contributed by atoms with Crippen molar-refractivity contribution in [1.82, 2.24) is 4.90 Å². The summed E-state index contributed by atoms with van der Waals surface area (Å²) in [6, 6.07) is 15.6. The molecule has 2 atom stereocenters. The number of rotatable bonds is 11. The zero-order valence-electron chi connectivity index (χ0n) is 19.7. The summed E-state index contributed by atoms with van der Waals surface area (Å²) in [5.41, 5.74) is 7.93. The molecule has 2 aromatic carbocycles. The molecule has 0 saturated carbocycles. The summed E-state index contributed by atoms with van der Waals surface area (Å²) in [6.45, 7) is 4.59. The molecule has 0 bridgehead atoms. The number of nitrogens with zero attached hydrogens (tertiary/aromatic N) is 1. The molecule has 3 rings (SSSR count). The number of aliphatic hydroxyl groups is 1. The lowest BCUT2D eigenvalue weighted by Gasteiger charge is -2.38. The van der Waals surface area contributed by atoms with Crippen molar-refractivity contribution in [2.24, 2.45) is 11.7 Å². The molecule has 0 aliphatic carbocycles. The van der Waals surface area contributed by atoms with Gasteiger partial charge in [0.25, 0.3) is 0 Å². The Kier molecular flexibility index (Phi) is 9.73. The molecule has 1 saturated heterocycles. The maximum absolute atomic E-state index is 12.2. The zero-order valence-corrected chi connectivity index (χ0v) is 19.7. The number of aliphatic hydroxyl groups excluding tert-OH is 1. The van der Waals surface area contributed by atoms with E-state index in [0.29, 0.717) is 30.1 Å². The summed E-state index contributed by atoms with van der Waals surface area (Å²) in [7, 11) is 0. The minimum absolute atomic E-state index is 0.00985. The number of likely N-dealkylation sites (tertiary alicyclic amines) is 1. The molecule has 2 aromatic rings. The van der Waals surface area contributed by atoms with Gasteiger partial charge in [0.2, 0.25) is 5.91 Å². The van der Waals surface area contributed by atoms with Crippen LogP contribution in [0.4, 0.5) is 5.69 Å². The molecule has 1 amide bonds. The number of amides is 1. The number of carbonyl (C=O) groups is 1. The highest BCUT2D eigenvalue weighted by Gasteiger charge is 2.28. The Morgan fingerprint density at radius 2 is 1.85 bits per heavy atom. The molecular formula is C27H39N3O3. The largest absolute Gasteiger partial charge is 0.506 e. The Morgan fingerprint density at radius 1 is 1.12 bits per heavy atom. The number of carbonyl (C=O) groups excluding carboxylic acids is 1. The van der Waals surface area contributed by atoms with Gasteiger partial charge in [-0.15, -0.1) is 0 Å². The smallest absolute Gasteiger partial charge is 0.224 e. The summed E-state index contributed by atoms with van der Waals surface area (Å²) in [6.07, 6.45) is 5.62. The van der Waals surface area contributed by atoms with E-state index < -0.39 is 6.10 Å². The Hall–Kier alpha value is -2.41. The van der Waals surface area contributed by atoms with Crippen LogP contribution in [0.15, 0.2) is 48.5 Å². The van der Waals surface area contributed by atoms with Crippen LogP contribution in [0, 0.1) is 5.92 Å². The highest BCUT2D eigenvalue weighted by Crippen LogP contribution is 2.31. The van der Waals surface area contributed by atoms with Gasteiger partial charge >= 0.3 is 0 Å². The minimum Gasteiger partial charge on any atom is -0.506 e. The molecule has 5 N–H and O–H groups in total. The van der Waals surface area contributed by atoms with Gasteiger partial charge in [-0.05, 0) is 87.8 Å². The van der Waals surface area contributed by atoms with Crippen molar-refractivity contribution in [3.05, 3.63) is 59.7 Å². The summed E-state index contributed by atoms with van der Waals surface area (Å²) in [4.78, 5) is 14.6. The maximum atomic E-state index is 12.2. The van der Waals surface area contributed by atoms with Crippen molar-refractivity contribution < 1.29 is 15.0 Å². The Labute approximate surface area is 197 Å². The molecule has 1 aliphatic rings. The van der Waals surface area contributed by atoms with E-state index in [4.69, 9.17) is 5.73 Å². The van der Waals surface area contributed by atoms with E-state index in [1.165, 1.54) is 5.56 Å². The molecule has 0 aromatic heterocycles. The molecule has 0 unspecified atom stereocenters. The fourth-order valence-corrected chi connectivity index (χ4v) is 4.65. The Balaban J connectivity index is 1.53. The van der Waals surface area contributed by atoms with E-state index in [-0.39, 0.29) is 17.7 Å². The summed E-state index contributed by atoms with van der Waals surface area (Å²) >= 11 is 0. The SMILES string of the molecule is C[C@H]([C@H](O)c1ccc(O)c(NC(=O)CCCCCN)c1)N1CCC(Cc2ccccc2)CC1. The molecule has 6 nitrogen and oxygen atoms in total. The van der Waals surface area contributed by atoms with Crippen LogP contribution >= 0.6 is 0 Å². The average molecular weight is 454 g/mol. The van der Waals surface area contributed by atoms with E-state index >= 15 is 0 Å². The van der Waals surface area contributed by atoms with Gasteiger partial charge in [0.1, 0.15) is 5.75 Å². The Bertz CT molecular complexity index is 866. The number of phenolic OH excluding ortho intramolecular Hbond substituents is 1. The number of phenols is 1. The van der Waals surface area contributed by atoms with E-state index in [1.807, 2.05) is 6.92 Å². The number of hydrogen-bond donors (Lipinski definition) is 4. The number of anilines is 1. The third kappa shape index (κ3) is 7.56. The van der Waals surface area contributed by atoms with Crippen LogP contribution in [0.1, 0.15) is 62.7 Å². The summed E-state index contributed by atoms with van der Waals surface area (Å²) < 4.78 is 0. The van der Waals surface area contributed by atoms with Gasteiger partial charge in [0, 0.05) is 12.5 Å². The predicted octanol–water partition coefficient (Wildman–Crippen LogP) is 4.23. The van der Waals surface area contributed by atoms with Crippen molar-refractivity contribution in [1.29, 1.82) is 0 Å². The van der Waals surface area contributed by atoms with E-state index in [1.54, 1.807) is 18.2 Å². The molecule has 1 aliphatic heterocycles. The van der Waals surface area contributed by atoms with Gasteiger partial charge in [-0.3, -0.25) is 9.69 Å². The second-order valence-corrected chi connectivity index (χ2v) is 9.28. The quantitative estimate of drug-likeness (QED) is 0.301. The predicted molar refractivity (Wildman–Crippen MR) is 133 cm³/mol. The molecule has 0 spiro atoms. The first-order chi connectivity index (χ1) is 16.0. The topological polar surface area (TPSA) is 98.8 Å². The third-order valence-electron chi connectivity index (χ3n) is 6.79. The standard InChI is InChI=1S/C27H39N3O3/c1-20(30-16-13-22(14-17-30)18-21-8-4-2-5-9-21)27(33)23-11-12-25(31)24(19-23)29-26(32)10-6-3-7-15-28/h2,4-5,8-9,11-12,19-20,22,27,31,33H,3,6-7,10,13-18,28H2,1H3,(H,29,32)/t20-,27+/m1/s1. The van der Waals surface area contributed by atoms with Crippen molar-refractivity contribution in [3.8, 4) is 5.75 Å². The highest BCUT2D eigenvalue weighted by atomic mass is 16.3. The first-order valence-corrected chi connectivity index (χ1v) is 12.3. The lowest BCUT2D eigenvalue weighted by Crippen LogP contribution is -2.43. The van der Waals surface area contributed by atoms with E-state index in [2.05, 4.69) is 40.5 Å². The number of hydrogen-bond acceptors (Lipinski definition) is 5. The van der Waals surface area contributed by atoms with Crippen molar-refractivity contribution >= 4 is 11.6 Å². The Morgan fingerprint density at radius 3 is 2.55 bits per heavy atom. The van der Waals surface area contributed by atoms with Crippen LogP contribution in [0.25, 0.3) is 0 Å². The zero-order chi connectivity index (χ0) is 23.6. The number of unbranched alkanes of at least 4 members (excludes halogenated alkanes) is 2. The summed E-state index contributed by atoms with van der Waals surface area (Å²) in [5.74, 6) is 0.548. The minimum atomic E-state index is -0.698. The van der Waals surface area contributed by atoms with Crippen molar-refractivity contribution in [2.75, 3.05) is 25.0 Å².